The number of benzene rings is 1. The van der Waals surface area contributed by atoms with Crippen LogP contribution in [0.1, 0.15) is 12.8 Å². The lowest BCUT2D eigenvalue weighted by atomic mass is 10.0. The van der Waals surface area contributed by atoms with Crippen LogP contribution < -0.4 is 16.0 Å². The molecule has 6 nitrogen and oxygen atoms in total. The van der Waals surface area contributed by atoms with Gasteiger partial charge in [-0.2, -0.15) is 0 Å². The van der Waals surface area contributed by atoms with Crippen molar-refractivity contribution in [2.75, 3.05) is 43.1 Å². The molecule has 1 aliphatic heterocycles. The summed E-state index contributed by atoms with van der Waals surface area (Å²) in [6, 6.07) is 3.91. The summed E-state index contributed by atoms with van der Waals surface area (Å²) in [4.78, 5) is 12.8. The Morgan fingerprint density at radius 2 is 1.92 bits per heavy atom. The number of anilines is 4. The standard InChI is InChI=1S/C17H22F2N6/c1-24-7-5-12(6-8-24)25(2)17-15(20)16(21-10-22-17)23-11-3-4-13(18)14(19)9-11/h3-4,9-10,12H,5-8,20H2,1-2H3,(H,21,22,23). The van der Waals surface area contributed by atoms with Gasteiger partial charge < -0.3 is 20.9 Å². The van der Waals surface area contributed by atoms with E-state index in [1.807, 2.05) is 7.05 Å². The summed E-state index contributed by atoms with van der Waals surface area (Å²) in [5, 5.41) is 2.93. The molecule has 1 saturated heterocycles. The van der Waals surface area contributed by atoms with Crippen molar-refractivity contribution in [1.29, 1.82) is 0 Å². The Morgan fingerprint density at radius 1 is 1.20 bits per heavy atom. The van der Waals surface area contributed by atoms with E-state index >= 15 is 0 Å². The second-order valence-corrected chi connectivity index (χ2v) is 6.36. The molecular formula is C17H22F2N6. The lowest BCUT2D eigenvalue weighted by Gasteiger charge is -2.36. The van der Waals surface area contributed by atoms with Gasteiger partial charge in [0.1, 0.15) is 12.0 Å². The molecule has 0 atom stereocenters. The summed E-state index contributed by atoms with van der Waals surface area (Å²) < 4.78 is 26.4. The number of rotatable bonds is 4. The summed E-state index contributed by atoms with van der Waals surface area (Å²) in [7, 11) is 4.08. The highest BCUT2D eigenvalue weighted by Gasteiger charge is 2.23. The normalized spacial score (nSPS) is 16.0. The van der Waals surface area contributed by atoms with Gasteiger partial charge in [0.05, 0.1) is 0 Å². The number of hydrogen-bond acceptors (Lipinski definition) is 6. The van der Waals surface area contributed by atoms with E-state index in [1.165, 1.54) is 12.4 Å². The third kappa shape index (κ3) is 3.79. The second-order valence-electron chi connectivity index (χ2n) is 6.36. The van der Waals surface area contributed by atoms with Gasteiger partial charge in [0.2, 0.25) is 0 Å². The minimum atomic E-state index is -0.929. The molecule has 1 aliphatic rings. The van der Waals surface area contributed by atoms with E-state index in [9.17, 15) is 8.78 Å². The fourth-order valence-electron chi connectivity index (χ4n) is 3.03. The van der Waals surface area contributed by atoms with Crippen molar-refractivity contribution in [2.24, 2.45) is 0 Å². The summed E-state index contributed by atoms with van der Waals surface area (Å²) in [6.07, 6.45) is 3.48. The van der Waals surface area contributed by atoms with Crippen LogP contribution >= 0.6 is 0 Å². The van der Waals surface area contributed by atoms with E-state index in [0.717, 1.165) is 38.1 Å². The summed E-state index contributed by atoms with van der Waals surface area (Å²) in [5.74, 6) is -0.824. The van der Waals surface area contributed by atoms with E-state index in [4.69, 9.17) is 5.73 Å². The SMILES string of the molecule is CN1CCC(N(C)c2ncnc(Nc3ccc(F)c(F)c3)c2N)CC1. The van der Waals surface area contributed by atoms with Crippen molar-refractivity contribution in [3.63, 3.8) is 0 Å². The Balaban J connectivity index is 1.80. The molecule has 2 aromatic rings. The van der Waals surface area contributed by atoms with Gasteiger partial charge in [0.15, 0.2) is 23.3 Å². The third-order valence-electron chi connectivity index (χ3n) is 4.62. The van der Waals surface area contributed by atoms with Gasteiger partial charge in [-0.05, 0) is 45.1 Å². The zero-order valence-corrected chi connectivity index (χ0v) is 14.3. The molecular weight excluding hydrogens is 326 g/mol. The summed E-state index contributed by atoms with van der Waals surface area (Å²) >= 11 is 0. The number of likely N-dealkylation sites (tertiary alicyclic amines) is 1. The van der Waals surface area contributed by atoms with E-state index < -0.39 is 11.6 Å². The largest absolute Gasteiger partial charge is 0.393 e. The van der Waals surface area contributed by atoms with E-state index in [1.54, 1.807) is 0 Å². The van der Waals surface area contributed by atoms with Crippen LogP contribution in [0.25, 0.3) is 0 Å². The first-order valence-electron chi connectivity index (χ1n) is 8.19. The van der Waals surface area contributed by atoms with Crippen LogP contribution in [0.2, 0.25) is 0 Å². The molecule has 0 unspecified atom stereocenters. The maximum absolute atomic E-state index is 13.4. The Morgan fingerprint density at radius 3 is 2.60 bits per heavy atom. The lowest BCUT2D eigenvalue weighted by Crippen LogP contribution is -2.42. The van der Waals surface area contributed by atoms with Crippen LogP contribution in [0.15, 0.2) is 24.5 Å². The molecule has 0 spiro atoms. The lowest BCUT2D eigenvalue weighted by molar-refractivity contribution is 0.252. The fourth-order valence-corrected chi connectivity index (χ4v) is 3.03. The molecule has 3 N–H and O–H groups in total. The molecule has 3 rings (SSSR count). The van der Waals surface area contributed by atoms with Gasteiger partial charge in [-0.1, -0.05) is 0 Å². The molecule has 1 fully saturated rings. The first-order chi connectivity index (χ1) is 12.0. The van der Waals surface area contributed by atoms with Crippen molar-refractivity contribution in [3.05, 3.63) is 36.2 Å². The molecule has 0 amide bonds. The van der Waals surface area contributed by atoms with E-state index in [0.29, 0.717) is 29.1 Å². The van der Waals surface area contributed by atoms with Gasteiger partial charge in [-0.15, -0.1) is 0 Å². The summed E-state index contributed by atoms with van der Waals surface area (Å²) in [5.41, 5.74) is 6.98. The third-order valence-corrected chi connectivity index (χ3v) is 4.62. The zero-order valence-electron chi connectivity index (χ0n) is 14.3. The van der Waals surface area contributed by atoms with Crippen LogP contribution in [0.5, 0.6) is 0 Å². The molecule has 0 bridgehead atoms. The maximum atomic E-state index is 13.4. The van der Waals surface area contributed by atoms with Gasteiger partial charge in [0.25, 0.3) is 0 Å². The number of halogens is 2. The molecule has 8 heteroatoms. The molecule has 2 heterocycles. The molecule has 1 aromatic heterocycles. The Hall–Kier alpha value is -2.48. The van der Waals surface area contributed by atoms with Crippen molar-refractivity contribution >= 4 is 23.0 Å². The highest BCUT2D eigenvalue weighted by atomic mass is 19.2. The Kier molecular flexibility index (Phi) is 4.98. The van der Waals surface area contributed by atoms with E-state index in [2.05, 4.69) is 32.1 Å². The maximum Gasteiger partial charge on any atom is 0.160 e. The highest BCUT2D eigenvalue weighted by Crippen LogP contribution is 2.30. The first kappa shape index (κ1) is 17.3. The molecule has 25 heavy (non-hydrogen) atoms. The minimum Gasteiger partial charge on any atom is -0.393 e. The Bertz CT molecular complexity index is 746. The van der Waals surface area contributed by atoms with Crippen LogP contribution in [-0.4, -0.2) is 48.1 Å². The zero-order chi connectivity index (χ0) is 18.0. The summed E-state index contributed by atoms with van der Waals surface area (Å²) in [6.45, 7) is 2.06. The van der Waals surface area contributed by atoms with Gasteiger partial charge >= 0.3 is 0 Å². The predicted molar refractivity (Wildman–Crippen MR) is 95.0 cm³/mol. The van der Waals surface area contributed by atoms with Crippen LogP contribution in [-0.2, 0) is 0 Å². The van der Waals surface area contributed by atoms with Gasteiger partial charge in [0, 0.05) is 24.8 Å². The number of aromatic nitrogens is 2. The van der Waals surface area contributed by atoms with Crippen molar-refractivity contribution in [2.45, 2.75) is 18.9 Å². The average molecular weight is 348 g/mol. The van der Waals surface area contributed by atoms with E-state index in [-0.39, 0.29) is 0 Å². The monoisotopic (exact) mass is 348 g/mol. The number of nitrogens with one attached hydrogen (secondary N) is 1. The van der Waals surface area contributed by atoms with Crippen LogP contribution in [0.3, 0.4) is 0 Å². The fraction of sp³-hybridized carbons (Fsp3) is 0.412. The minimum absolute atomic E-state index is 0.351. The number of hydrogen-bond donors (Lipinski definition) is 2. The topological polar surface area (TPSA) is 70.3 Å². The quantitative estimate of drug-likeness (QED) is 0.885. The van der Waals surface area contributed by atoms with Crippen LogP contribution in [0.4, 0.5) is 31.8 Å². The number of nitrogens with two attached hydrogens (primary N) is 1. The molecule has 134 valence electrons. The van der Waals surface area contributed by atoms with Crippen molar-refractivity contribution in [1.82, 2.24) is 14.9 Å². The highest BCUT2D eigenvalue weighted by molar-refractivity contribution is 5.78. The predicted octanol–water partition coefficient (Wildman–Crippen LogP) is 2.61. The smallest absolute Gasteiger partial charge is 0.160 e. The van der Waals surface area contributed by atoms with Crippen molar-refractivity contribution < 1.29 is 8.78 Å². The molecule has 1 aromatic carbocycles. The van der Waals surface area contributed by atoms with Gasteiger partial charge in [-0.3, -0.25) is 0 Å². The number of nitrogen functional groups attached to an aromatic ring is 1. The number of piperidine rings is 1. The molecule has 0 aliphatic carbocycles. The van der Waals surface area contributed by atoms with Crippen molar-refractivity contribution in [3.8, 4) is 0 Å². The Labute approximate surface area is 145 Å². The van der Waals surface area contributed by atoms with Crippen LogP contribution in [0, 0.1) is 11.6 Å². The number of nitrogens with zero attached hydrogens (tertiary/aromatic N) is 4. The molecule has 0 radical (unpaired) electrons. The molecule has 0 saturated carbocycles. The average Bonchev–Trinajstić information content (AvgIpc) is 2.60. The van der Waals surface area contributed by atoms with Gasteiger partial charge in [-0.25, -0.2) is 18.7 Å². The second kappa shape index (κ2) is 7.18. The first-order valence-corrected chi connectivity index (χ1v) is 8.19.